The molecule has 0 radical (unpaired) electrons. The number of thiol groups is 2. The zero-order valence-electron chi connectivity index (χ0n) is 38.9. The molecule has 1 saturated heterocycles. The van der Waals surface area contributed by atoms with Crippen molar-refractivity contribution in [2.45, 2.75) is 153 Å². The quantitative estimate of drug-likeness (QED) is 0.0234. The summed E-state index contributed by atoms with van der Waals surface area (Å²) in [5.41, 5.74) is 11.3. The Labute approximate surface area is 405 Å². The van der Waals surface area contributed by atoms with Gasteiger partial charge in [-0.05, 0) is 70.3 Å². The lowest BCUT2D eigenvalue weighted by molar-refractivity contribution is -0.146. The number of hydrogen-bond donors (Lipinski definition) is 15. The molecule has 0 aromatic carbocycles. The molecule has 27 heteroatoms. The third-order valence-electron chi connectivity index (χ3n) is 10.7. The van der Waals surface area contributed by atoms with Crippen molar-refractivity contribution in [1.29, 1.82) is 0 Å². The lowest BCUT2D eigenvalue weighted by Crippen LogP contribution is -2.62. The predicted octanol–water partition coefficient (Wildman–Crippen LogP) is -3.81. The van der Waals surface area contributed by atoms with Crippen LogP contribution in [0.2, 0.25) is 0 Å². The first-order valence-corrected chi connectivity index (χ1v) is 23.5. The van der Waals surface area contributed by atoms with E-state index in [1.54, 1.807) is 27.7 Å². The summed E-state index contributed by atoms with van der Waals surface area (Å²) in [6.45, 7) is 8.04. The highest BCUT2D eigenvalue weighted by Crippen LogP contribution is 2.20. The van der Waals surface area contributed by atoms with Gasteiger partial charge in [-0.1, -0.05) is 27.7 Å². The number of nitrogens with zero attached hydrogens (tertiary/aromatic N) is 1. The second-order valence-electron chi connectivity index (χ2n) is 17.2. The number of carbonyl (C=O) groups is 11. The number of amides is 8. The van der Waals surface area contributed by atoms with Crippen LogP contribution in [0.3, 0.4) is 0 Å². The normalized spacial score (nSPS) is 17.5. The van der Waals surface area contributed by atoms with Crippen molar-refractivity contribution in [3.05, 3.63) is 0 Å². The van der Waals surface area contributed by atoms with Gasteiger partial charge in [0.05, 0.1) is 18.6 Å². The highest BCUT2D eigenvalue weighted by Gasteiger charge is 2.42. The van der Waals surface area contributed by atoms with Gasteiger partial charge in [0.25, 0.3) is 0 Å². The fraction of sp³-hybridized carbons (Fsp3) is 0.732. The van der Waals surface area contributed by atoms with E-state index in [4.69, 9.17) is 11.5 Å². The van der Waals surface area contributed by atoms with Crippen LogP contribution in [0.5, 0.6) is 0 Å². The number of hydrogen-bond acceptors (Lipinski definition) is 16. The summed E-state index contributed by atoms with van der Waals surface area (Å²) in [5.74, 6) is -12.8. The monoisotopic (exact) mass is 1010 g/mol. The van der Waals surface area contributed by atoms with E-state index in [0.29, 0.717) is 12.8 Å². The lowest BCUT2D eigenvalue weighted by Gasteiger charge is -2.31. The van der Waals surface area contributed by atoms with Gasteiger partial charge < -0.3 is 74.0 Å². The summed E-state index contributed by atoms with van der Waals surface area (Å²) in [7, 11) is 0. The van der Waals surface area contributed by atoms with Crippen molar-refractivity contribution >= 4 is 90.4 Å². The Bertz CT molecular complexity index is 1790. The average Bonchev–Trinajstić information content (AvgIpc) is 3.75. The molecule has 25 nitrogen and oxygen atoms in total. The van der Waals surface area contributed by atoms with Crippen LogP contribution in [0.25, 0.3) is 0 Å². The maximum absolute atomic E-state index is 13.9. The zero-order chi connectivity index (χ0) is 52.0. The molecule has 10 atom stereocenters. The van der Waals surface area contributed by atoms with Crippen LogP contribution in [-0.4, -0.2) is 176 Å². The Morgan fingerprint density at radius 3 is 1.68 bits per heavy atom. The fourth-order valence-electron chi connectivity index (χ4n) is 6.94. The largest absolute Gasteiger partial charge is 0.481 e. The number of likely N-dealkylation sites (tertiary alicyclic amines) is 1. The third kappa shape index (κ3) is 20.5. The van der Waals surface area contributed by atoms with Gasteiger partial charge >= 0.3 is 17.9 Å². The molecule has 0 aromatic heterocycles. The second kappa shape index (κ2) is 30.3. The minimum atomic E-state index is -1.82. The highest BCUT2D eigenvalue weighted by molar-refractivity contribution is 7.80. The van der Waals surface area contributed by atoms with Crippen LogP contribution in [0, 0.1) is 11.8 Å². The minimum Gasteiger partial charge on any atom is -0.481 e. The van der Waals surface area contributed by atoms with E-state index in [0.717, 1.165) is 4.90 Å². The van der Waals surface area contributed by atoms with Gasteiger partial charge in [-0.25, -0.2) is 4.79 Å². The molecule has 68 heavy (non-hydrogen) atoms. The molecular formula is C41H70N10O15S2. The standard InChI is InChI=1S/C41H70N10O15S2/c1-19(2)15-25(36(60)45-23(9-6-7-13-42)35(59)49-31(20(3)4)38(62)48-27(18-68)41(65)66)46-39(63)32(21(5)52)50-37(61)28-10-8-14-51(28)40(64)26(16-30(55)56)47-34(58)24(11-12-29(53)54)44-33(57)22(43)17-67/h19-28,31-32,52,67-68H,6-18,42-43H2,1-5H3,(H,44,57)(H,45,60)(H,46,63)(H,47,58)(H,48,62)(H,49,59)(H,50,61)(H,53,54)(H,55,56)(H,65,66)/t21-,22+,23+,24+,25+,26+,27+,28+,31+,32+/m1/s1. The number of aliphatic carboxylic acids is 3. The molecule has 1 fully saturated rings. The van der Waals surface area contributed by atoms with Gasteiger partial charge in [0, 0.05) is 24.5 Å². The van der Waals surface area contributed by atoms with Crippen LogP contribution < -0.4 is 48.7 Å². The minimum absolute atomic E-state index is 0.000976. The van der Waals surface area contributed by atoms with Crippen molar-refractivity contribution in [2.75, 3.05) is 24.6 Å². The Kier molecular flexibility index (Phi) is 27.1. The number of carbonyl (C=O) groups excluding carboxylic acids is 8. The SMILES string of the molecule is CC(C)C[C@H](NC(=O)[C@@H](NC(=O)[C@@H]1CCCN1C(=O)[C@H](CC(=O)O)NC(=O)[C@H](CCC(=O)O)NC(=O)[C@@H](N)CS)[C@@H](C)O)C(=O)N[C@@H](CCCCN)C(=O)N[C@H](C(=O)N[C@@H](CS)C(=O)O)C(C)C. The Hall–Kier alpha value is -5.25. The van der Waals surface area contributed by atoms with Gasteiger partial charge in [0.2, 0.25) is 47.3 Å². The van der Waals surface area contributed by atoms with Gasteiger partial charge in [-0.15, -0.1) is 0 Å². The van der Waals surface area contributed by atoms with E-state index in [2.05, 4.69) is 62.5 Å². The molecule has 1 aliphatic rings. The molecule has 0 bridgehead atoms. The van der Waals surface area contributed by atoms with E-state index in [9.17, 15) is 73.2 Å². The number of unbranched alkanes of at least 4 members (excludes halogenated alkanes) is 1. The maximum Gasteiger partial charge on any atom is 0.327 e. The topological polar surface area (TPSA) is 408 Å². The van der Waals surface area contributed by atoms with Crippen LogP contribution in [-0.2, 0) is 52.7 Å². The molecule has 15 N–H and O–H groups in total. The summed E-state index contributed by atoms with van der Waals surface area (Å²) < 4.78 is 0. The van der Waals surface area contributed by atoms with E-state index in [1.807, 2.05) is 0 Å². The molecule has 1 aliphatic heterocycles. The Morgan fingerprint density at radius 1 is 0.632 bits per heavy atom. The number of carboxylic acids is 3. The molecule has 0 aromatic rings. The average molecular weight is 1010 g/mol. The smallest absolute Gasteiger partial charge is 0.327 e. The maximum atomic E-state index is 13.9. The molecule has 0 aliphatic carbocycles. The number of carboxylic acid groups (broad SMARTS) is 3. The van der Waals surface area contributed by atoms with Crippen molar-refractivity contribution in [3.63, 3.8) is 0 Å². The van der Waals surface area contributed by atoms with E-state index in [1.165, 1.54) is 6.92 Å². The summed E-state index contributed by atoms with van der Waals surface area (Å²) in [5, 5.41) is 55.9. The van der Waals surface area contributed by atoms with Crippen molar-refractivity contribution in [1.82, 2.24) is 42.1 Å². The van der Waals surface area contributed by atoms with Gasteiger partial charge in [0.15, 0.2) is 0 Å². The molecule has 1 heterocycles. The first kappa shape index (κ1) is 60.8. The number of aliphatic hydroxyl groups excluding tert-OH is 1. The highest BCUT2D eigenvalue weighted by atomic mass is 32.1. The molecule has 0 saturated carbocycles. The summed E-state index contributed by atoms with van der Waals surface area (Å²) in [4.78, 5) is 144. The van der Waals surface area contributed by atoms with E-state index >= 15 is 0 Å². The van der Waals surface area contributed by atoms with Crippen LogP contribution in [0.1, 0.15) is 92.4 Å². The van der Waals surface area contributed by atoms with Crippen LogP contribution >= 0.6 is 25.3 Å². The number of nitrogens with one attached hydrogen (secondary N) is 7. The third-order valence-corrected chi connectivity index (χ3v) is 11.4. The number of rotatable bonds is 31. The molecule has 8 amide bonds. The summed E-state index contributed by atoms with van der Waals surface area (Å²) >= 11 is 7.88. The fourth-order valence-corrected chi connectivity index (χ4v) is 7.35. The number of nitrogens with two attached hydrogens (primary N) is 2. The van der Waals surface area contributed by atoms with Crippen molar-refractivity contribution in [2.24, 2.45) is 23.3 Å². The zero-order valence-corrected chi connectivity index (χ0v) is 40.7. The molecule has 0 spiro atoms. The molecule has 0 unspecified atom stereocenters. The Balaban J connectivity index is 3.36. The van der Waals surface area contributed by atoms with Crippen molar-refractivity contribution in [3.8, 4) is 0 Å². The first-order valence-electron chi connectivity index (χ1n) is 22.2. The summed E-state index contributed by atoms with van der Waals surface area (Å²) in [6.07, 6.45) is -2.60. The molecule has 386 valence electrons. The number of aliphatic hydroxyl groups is 1. The van der Waals surface area contributed by atoms with Crippen LogP contribution in [0.15, 0.2) is 0 Å². The second-order valence-corrected chi connectivity index (χ2v) is 17.9. The molecular weight excluding hydrogens is 937 g/mol. The first-order chi connectivity index (χ1) is 31.8. The summed E-state index contributed by atoms with van der Waals surface area (Å²) in [6, 6.07) is -12.9. The van der Waals surface area contributed by atoms with Crippen LogP contribution in [0.4, 0.5) is 0 Å². The van der Waals surface area contributed by atoms with Gasteiger partial charge in [-0.2, -0.15) is 25.3 Å². The van der Waals surface area contributed by atoms with Gasteiger partial charge in [0.1, 0.15) is 48.3 Å². The molecule has 1 rings (SSSR count). The van der Waals surface area contributed by atoms with Gasteiger partial charge in [-0.3, -0.25) is 47.9 Å². The predicted molar refractivity (Wildman–Crippen MR) is 250 cm³/mol. The Morgan fingerprint density at radius 2 is 1.16 bits per heavy atom. The van der Waals surface area contributed by atoms with Crippen molar-refractivity contribution < 1.29 is 73.2 Å². The lowest BCUT2D eigenvalue weighted by atomic mass is 9.99. The van der Waals surface area contributed by atoms with E-state index < -0.39 is 151 Å². The van der Waals surface area contributed by atoms with E-state index in [-0.39, 0.29) is 56.2 Å².